The summed E-state index contributed by atoms with van der Waals surface area (Å²) in [4.78, 5) is 8.07. The van der Waals surface area contributed by atoms with E-state index in [0.29, 0.717) is 10.7 Å². The first-order chi connectivity index (χ1) is 17.9. The van der Waals surface area contributed by atoms with Gasteiger partial charge in [0, 0.05) is 30.0 Å². The molecule has 0 fully saturated rings. The monoisotopic (exact) mass is 536 g/mol. The average Bonchev–Trinajstić information content (AvgIpc) is 3.39. The zero-order valence-electron chi connectivity index (χ0n) is 19.2. The maximum Gasteiger partial charge on any atom is 0.433 e. The maximum absolute atomic E-state index is 14.3. The van der Waals surface area contributed by atoms with E-state index >= 15 is 0 Å². The van der Waals surface area contributed by atoms with Gasteiger partial charge in [0.1, 0.15) is 29.0 Å². The van der Waals surface area contributed by atoms with Gasteiger partial charge in [-0.05, 0) is 30.3 Å². The molecule has 15 heteroatoms. The summed E-state index contributed by atoms with van der Waals surface area (Å²) in [5.41, 5.74) is 9.52. The molecule has 0 unspecified atom stereocenters. The number of hydrogen-bond donors (Lipinski definition) is 2. The van der Waals surface area contributed by atoms with E-state index in [1.54, 1.807) is 0 Å². The third kappa shape index (κ3) is 4.05. The largest absolute Gasteiger partial charge is 0.433 e. The molecule has 0 bridgehead atoms. The third-order valence-corrected chi connectivity index (χ3v) is 5.82. The highest BCUT2D eigenvalue weighted by Crippen LogP contribution is 2.40. The van der Waals surface area contributed by atoms with Crippen LogP contribution in [0.5, 0.6) is 0 Å². The molecule has 38 heavy (non-hydrogen) atoms. The Bertz CT molecular complexity index is 1700. The highest BCUT2D eigenvalue weighted by atomic mass is 19.4. The second-order valence-corrected chi connectivity index (χ2v) is 8.22. The van der Waals surface area contributed by atoms with Crippen LogP contribution >= 0.6 is 0 Å². The number of aryl methyl sites for hydroxylation is 1. The minimum absolute atomic E-state index is 0.0701. The normalized spacial score (nSPS) is 12.0. The Hall–Kier alpha value is -4.69. The van der Waals surface area contributed by atoms with E-state index < -0.39 is 64.3 Å². The van der Waals surface area contributed by atoms with Gasteiger partial charge in [0.15, 0.2) is 11.6 Å². The molecule has 0 aliphatic heterocycles. The summed E-state index contributed by atoms with van der Waals surface area (Å²) in [6.07, 6.45) is -4.45. The predicted molar refractivity (Wildman–Crippen MR) is 122 cm³/mol. The Morgan fingerprint density at radius 3 is 2.24 bits per heavy atom. The molecule has 5 aromatic rings. The predicted octanol–water partition coefficient (Wildman–Crippen LogP) is 4.55. The van der Waals surface area contributed by atoms with Gasteiger partial charge in [-0.15, -0.1) is 0 Å². The summed E-state index contributed by atoms with van der Waals surface area (Å²) in [6, 6.07) is 4.74. The number of fused-ring (bicyclic) bond motifs is 1. The molecular formula is C23H15F7N8. The van der Waals surface area contributed by atoms with Crippen molar-refractivity contribution in [2.45, 2.75) is 12.6 Å². The van der Waals surface area contributed by atoms with Gasteiger partial charge < -0.3 is 11.5 Å². The van der Waals surface area contributed by atoms with Crippen LogP contribution in [0, 0.1) is 23.3 Å². The number of rotatable bonds is 4. The van der Waals surface area contributed by atoms with Crippen molar-refractivity contribution in [2.24, 2.45) is 7.05 Å². The van der Waals surface area contributed by atoms with E-state index in [1.807, 2.05) is 0 Å². The maximum atomic E-state index is 14.3. The smallest absolute Gasteiger partial charge is 0.383 e. The quantitative estimate of drug-likeness (QED) is 0.258. The van der Waals surface area contributed by atoms with Gasteiger partial charge in [-0.1, -0.05) is 0 Å². The number of aromatic nitrogens is 6. The van der Waals surface area contributed by atoms with Crippen molar-refractivity contribution >= 4 is 22.5 Å². The van der Waals surface area contributed by atoms with Crippen LogP contribution in [0.3, 0.4) is 0 Å². The van der Waals surface area contributed by atoms with Crippen molar-refractivity contribution < 1.29 is 30.7 Å². The molecule has 0 saturated carbocycles. The number of benzene rings is 2. The fraction of sp³-hybridized carbons (Fsp3) is 0.130. The Morgan fingerprint density at radius 1 is 0.921 bits per heavy atom. The lowest BCUT2D eigenvalue weighted by molar-refractivity contribution is -0.143. The van der Waals surface area contributed by atoms with Crippen LogP contribution in [0.4, 0.5) is 42.4 Å². The molecule has 0 spiro atoms. The number of nitrogens with zero attached hydrogens (tertiary/aromatic N) is 6. The molecule has 4 N–H and O–H groups in total. The number of anilines is 2. The molecule has 196 valence electrons. The van der Waals surface area contributed by atoms with Crippen LogP contribution in [0.25, 0.3) is 28.0 Å². The standard InChI is InChI=1S/C23H15F7N8/c1-37-19(23(28,29)30)12(8-33-37)17-20(31)34-22(35-21(17)32)38-16-5-2-9(24)6-11(16)15(36-38)7-10-13(25)3-4-14(26)18(10)27/h2-6,8H,7H2,1H3,(H4,31,32,34,35). The second-order valence-electron chi connectivity index (χ2n) is 8.22. The molecule has 0 saturated heterocycles. The molecule has 0 amide bonds. The summed E-state index contributed by atoms with van der Waals surface area (Å²) in [5.74, 6) is -5.68. The van der Waals surface area contributed by atoms with E-state index in [2.05, 4.69) is 20.2 Å². The lowest BCUT2D eigenvalue weighted by Crippen LogP contribution is -2.15. The Labute approximate surface area is 208 Å². The van der Waals surface area contributed by atoms with Gasteiger partial charge in [0.05, 0.1) is 23.0 Å². The van der Waals surface area contributed by atoms with Gasteiger partial charge in [-0.25, -0.2) is 17.6 Å². The van der Waals surface area contributed by atoms with Crippen LogP contribution < -0.4 is 11.5 Å². The molecule has 2 aromatic carbocycles. The lowest BCUT2D eigenvalue weighted by Gasteiger charge is -2.13. The lowest BCUT2D eigenvalue weighted by atomic mass is 10.1. The molecule has 0 radical (unpaired) electrons. The molecule has 0 atom stereocenters. The number of halogens is 7. The van der Waals surface area contributed by atoms with Crippen molar-refractivity contribution in [3.05, 3.63) is 76.7 Å². The first-order valence-electron chi connectivity index (χ1n) is 10.7. The minimum Gasteiger partial charge on any atom is -0.383 e. The van der Waals surface area contributed by atoms with Gasteiger partial charge in [0.25, 0.3) is 5.95 Å². The van der Waals surface area contributed by atoms with Crippen molar-refractivity contribution in [1.29, 1.82) is 0 Å². The Balaban J connectivity index is 1.67. The third-order valence-electron chi connectivity index (χ3n) is 5.82. The molecule has 3 aromatic heterocycles. The first kappa shape index (κ1) is 25.0. The van der Waals surface area contributed by atoms with Crippen LogP contribution in [0.1, 0.15) is 17.0 Å². The first-order valence-corrected chi connectivity index (χ1v) is 10.7. The highest BCUT2D eigenvalue weighted by molar-refractivity contribution is 5.86. The molecule has 5 rings (SSSR count). The molecule has 8 nitrogen and oxygen atoms in total. The summed E-state index contributed by atoms with van der Waals surface area (Å²) in [6.45, 7) is 0. The average molecular weight is 536 g/mol. The van der Waals surface area contributed by atoms with Crippen molar-refractivity contribution in [2.75, 3.05) is 11.5 Å². The molecule has 0 aliphatic carbocycles. The molecule has 0 aliphatic rings. The fourth-order valence-corrected chi connectivity index (χ4v) is 4.14. The van der Waals surface area contributed by atoms with E-state index in [4.69, 9.17) is 11.5 Å². The number of hydrogen-bond acceptors (Lipinski definition) is 6. The zero-order chi connectivity index (χ0) is 27.5. The van der Waals surface area contributed by atoms with Crippen LogP contribution in [-0.2, 0) is 19.6 Å². The zero-order valence-corrected chi connectivity index (χ0v) is 19.2. The highest BCUT2D eigenvalue weighted by Gasteiger charge is 2.39. The number of alkyl halides is 3. The van der Waals surface area contributed by atoms with Crippen LogP contribution in [-0.4, -0.2) is 29.5 Å². The van der Waals surface area contributed by atoms with Crippen molar-refractivity contribution in [1.82, 2.24) is 29.5 Å². The molecule has 3 heterocycles. The van der Waals surface area contributed by atoms with Gasteiger partial charge in [-0.3, -0.25) is 4.68 Å². The van der Waals surface area contributed by atoms with Gasteiger partial charge in [0.2, 0.25) is 0 Å². The van der Waals surface area contributed by atoms with Crippen LogP contribution in [0.2, 0.25) is 0 Å². The summed E-state index contributed by atoms with van der Waals surface area (Å²) in [5, 5.41) is 7.93. The Morgan fingerprint density at radius 2 is 1.58 bits per heavy atom. The van der Waals surface area contributed by atoms with E-state index in [-0.39, 0.29) is 28.1 Å². The summed E-state index contributed by atoms with van der Waals surface area (Å²) < 4.78 is 98.9. The van der Waals surface area contributed by atoms with E-state index in [1.165, 1.54) is 6.07 Å². The van der Waals surface area contributed by atoms with Gasteiger partial charge >= 0.3 is 6.18 Å². The molecular weight excluding hydrogens is 521 g/mol. The number of nitrogens with two attached hydrogens (primary N) is 2. The van der Waals surface area contributed by atoms with Crippen molar-refractivity contribution in [3.63, 3.8) is 0 Å². The SMILES string of the molecule is Cn1ncc(-c2c(N)nc(-n3nc(Cc4c(F)ccc(F)c4F)c4cc(F)ccc43)nc2N)c1C(F)(F)F. The topological polar surface area (TPSA) is 113 Å². The minimum atomic E-state index is -4.79. The van der Waals surface area contributed by atoms with E-state index in [9.17, 15) is 30.7 Å². The summed E-state index contributed by atoms with van der Waals surface area (Å²) in [7, 11) is 1.09. The number of nitrogen functional groups attached to an aromatic ring is 2. The van der Waals surface area contributed by atoms with Crippen LogP contribution in [0.15, 0.2) is 36.5 Å². The van der Waals surface area contributed by atoms with Gasteiger partial charge in [-0.2, -0.15) is 38.0 Å². The second kappa shape index (κ2) is 8.71. The Kier molecular flexibility index (Phi) is 5.72. The fourth-order valence-electron chi connectivity index (χ4n) is 4.14. The van der Waals surface area contributed by atoms with E-state index in [0.717, 1.165) is 36.1 Å². The van der Waals surface area contributed by atoms with Crippen molar-refractivity contribution in [3.8, 4) is 17.1 Å². The summed E-state index contributed by atoms with van der Waals surface area (Å²) >= 11 is 0.